The van der Waals surface area contributed by atoms with E-state index >= 15 is 0 Å². The summed E-state index contributed by atoms with van der Waals surface area (Å²) < 4.78 is 3.74. The van der Waals surface area contributed by atoms with Crippen LogP contribution in [0.15, 0.2) is 164 Å². The number of allylic oxidation sites excluding steroid dienone is 1. The van der Waals surface area contributed by atoms with Gasteiger partial charge in [-0.15, -0.1) is 11.3 Å². The van der Waals surface area contributed by atoms with E-state index in [-0.39, 0.29) is 5.92 Å². The van der Waals surface area contributed by atoms with Gasteiger partial charge in [-0.2, -0.15) is 0 Å². The van der Waals surface area contributed by atoms with Gasteiger partial charge in [0.25, 0.3) is 0 Å². The molecule has 0 saturated carbocycles. The fraction of sp³-hybridized carbons (Fsp3) is 0.0417. The second kappa shape index (κ2) is 11.6. The Morgan fingerprint density at radius 2 is 1.19 bits per heavy atom. The molecule has 10 aromatic rings. The molecule has 52 heavy (non-hydrogen) atoms. The van der Waals surface area contributed by atoms with E-state index < -0.39 is 0 Å². The van der Waals surface area contributed by atoms with Crippen LogP contribution in [0, 0.1) is 0 Å². The molecule has 0 spiro atoms. The quantitative estimate of drug-likeness (QED) is 0.185. The van der Waals surface area contributed by atoms with Crippen LogP contribution in [0.5, 0.6) is 0 Å². The molecule has 1 aliphatic carbocycles. The number of fused-ring (bicyclic) bond motifs is 10. The summed E-state index contributed by atoms with van der Waals surface area (Å²) in [5.41, 5.74) is 8.95. The monoisotopic (exact) mass is 681 g/mol. The van der Waals surface area contributed by atoms with E-state index in [4.69, 9.17) is 9.97 Å². The second-order valence-electron chi connectivity index (χ2n) is 13.7. The Labute approximate surface area is 304 Å². The Bertz CT molecular complexity index is 2950. The van der Waals surface area contributed by atoms with Crippen molar-refractivity contribution in [3.8, 4) is 28.3 Å². The fourth-order valence-electron chi connectivity index (χ4n) is 8.32. The van der Waals surface area contributed by atoms with Crippen LogP contribution in [0.3, 0.4) is 0 Å². The predicted octanol–water partition coefficient (Wildman–Crippen LogP) is 13.0. The molecule has 1 aliphatic rings. The molecule has 244 valence electrons. The third kappa shape index (κ3) is 4.51. The molecule has 4 heteroatoms. The van der Waals surface area contributed by atoms with E-state index in [1.165, 1.54) is 63.9 Å². The maximum atomic E-state index is 5.34. The highest BCUT2D eigenvalue weighted by molar-refractivity contribution is 7.19. The zero-order valence-electron chi connectivity index (χ0n) is 28.2. The topological polar surface area (TPSA) is 30.7 Å². The van der Waals surface area contributed by atoms with Crippen molar-refractivity contribution in [2.24, 2.45) is 0 Å². The van der Waals surface area contributed by atoms with E-state index in [2.05, 4.69) is 174 Å². The van der Waals surface area contributed by atoms with E-state index in [0.29, 0.717) is 0 Å². The molecule has 0 bridgehead atoms. The molecule has 7 aromatic carbocycles. The Kier molecular flexibility index (Phi) is 6.55. The normalized spacial score (nSPS) is 14.2. The van der Waals surface area contributed by atoms with Crippen LogP contribution in [-0.4, -0.2) is 14.5 Å². The van der Waals surface area contributed by atoms with Crippen LogP contribution in [0.4, 0.5) is 0 Å². The fourth-order valence-corrected chi connectivity index (χ4v) is 9.63. The summed E-state index contributed by atoms with van der Waals surface area (Å²) in [5.74, 6) is 0.919. The minimum absolute atomic E-state index is 0.170. The molecule has 0 fully saturated rings. The van der Waals surface area contributed by atoms with Crippen molar-refractivity contribution in [3.05, 3.63) is 180 Å². The Balaban J connectivity index is 1.08. The third-order valence-electron chi connectivity index (χ3n) is 10.7. The van der Waals surface area contributed by atoms with Crippen molar-refractivity contribution in [1.82, 2.24) is 14.5 Å². The minimum Gasteiger partial charge on any atom is -0.309 e. The van der Waals surface area contributed by atoms with Crippen molar-refractivity contribution in [2.45, 2.75) is 12.3 Å². The summed E-state index contributed by atoms with van der Waals surface area (Å²) in [7, 11) is 0. The van der Waals surface area contributed by atoms with Crippen LogP contribution in [-0.2, 0) is 0 Å². The molecule has 1 unspecified atom stereocenters. The van der Waals surface area contributed by atoms with Gasteiger partial charge >= 0.3 is 0 Å². The van der Waals surface area contributed by atoms with Crippen LogP contribution in [0.2, 0.25) is 0 Å². The molecule has 0 saturated heterocycles. The summed E-state index contributed by atoms with van der Waals surface area (Å²) in [6.45, 7) is 0. The van der Waals surface area contributed by atoms with Gasteiger partial charge in [-0.05, 0) is 87.4 Å². The first-order chi connectivity index (χ1) is 25.8. The number of thiophene rings is 1. The van der Waals surface area contributed by atoms with Gasteiger partial charge in [-0.3, -0.25) is 0 Å². The predicted molar refractivity (Wildman–Crippen MR) is 220 cm³/mol. The van der Waals surface area contributed by atoms with Gasteiger partial charge < -0.3 is 4.57 Å². The summed E-state index contributed by atoms with van der Waals surface area (Å²) in [5, 5.41) is 8.95. The number of aromatic nitrogens is 3. The number of rotatable bonds is 4. The number of hydrogen-bond donors (Lipinski definition) is 0. The van der Waals surface area contributed by atoms with Crippen molar-refractivity contribution in [3.63, 3.8) is 0 Å². The average molecular weight is 682 g/mol. The molecule has 3 heterocycles. The van der Waals surface area contributed by atoms with E-state index in [0.717, 1.165) is 40.4 Å². The van der Waals surface area contributed by atoms with Gasteiger partial charge in [0.15, 0.2) is 5.82 Å². The number of nitrogens with zero attached hydrogens (tertiary/aromatic N) is 3. The second-order valence-corrected chi connectivity index (χ2v) is 14.8. The lowest BCUT2D eigenvalue weighted by Crippen LogP contribution is -2.07. The first-order valence-electron chi connectivity index (χ1n) is 17.9. The summed E-state index contributed by atoms with van der Waals surface area (Å²) >= 11 is 1.89. The van der Waals surface area contributed by atoms with Gasteiger partial charge in [-0.1, -0.05) is 121 Å². The van der Waals surface area contributed by atoms with Crippen molar-refractivity contribution in [1.29, 1.82) is 0 Å². The summed E-state index contributed by atoms with van der Waals surface area (Å²) in [6.07, 6.45) is 5.52. The standard InChI is InChI=1S/C48H31N3S/c1-2-13-32(14-3-1)40-29-41(39-19-10-18-38-37-17-8-9-20-44(37)52-47(38)39)50-48(49-40)33-21-25-34(26-22-33)51-42-27-23-30-11-4-6-15-35(30)45(42)46-36-16-7-5-12-31(36)24-28-43(46)51/h1-18,20-29,39H,19H2. The molecule has 0 amide bonds. The lowest BCUT2D eigenvalue weighted by Gasteiger charge is -2.20. The van der Waals surface area contributed by atoms with Gasteiger partial charge in [0.1, 0.15) is 0 Å². The largest absolute Gasteiger partial charge is 0.309 e. The maximum Gasteiger partial charge on any atom is 0.160 e. The number of benzene rings is 7. The molecular weight excluding hydrogens is 651 g/mol. The molecule has 0 N–H and O–H groups in total. The van der Waals surface area contributed by atoms with Crippen LogP contribution >= 0.6 is 11.3 Å². The molecule has 3 nitrogen and oxygen atoms in total. The first kappa shape index (κ1) is 29.4. The maximum absolute atomic E-state index is 5.34. The number of hydrogen-bond acceptors (Lipinski definition) is 3. The SMILES string of the molecule is C1=Cc2c(sc3ccccc23)C(c2cc(-c3ccccc3)nc(-c3ccc(-n4c5ccc6ccccc6c5c5c6ccccc6ccc54)cc3)n2)C1. The Morgan fingerprint density at radius 3 is 1.90 bits per heavy atom. The zero-order valence-corrected chi connectivity index (χ0v) is 29.0. The summed E-state index contributed by atoms with van der Waals surface area (Å²) in [4.78, 5) is 11.9. The van der Waals surface area contributed by atoms with Gasteiger partial charge in [0, 0.05) is 43.1 Å². The van der Waals surface area contributed by atoms with Gasteiger partial charge in [0.2, 0.25) is 0 Å². The highest BCUT2D eigenvalue weighted by Crippen LogP contribution is 2.45. The Hall–Kier alpha value is -6.36. The van der Waals surface area contributed by atoms with Gasteiger partial charge in [-0.25, -0.2) is 9.97 Å². The average Bonchev–Trinajstić information content (AvgIpc) is 3.78. The zero-order chi connectivity index (χ0) is 34.2. The lowest BCUT2D eigenvalue weighted by atomic mass is 9.89. The molecule has 3 aromatic heterocycles. The molecule has 1 atom stereocenters. The van der Waals surface area contributed by atoms with E-state index in [1.807, 2.05) is 11.3 Å². The summed E-state index contributed by atoms with van der Waals surface area (Å²) in [6, 6.07) is 56.8. The highest BCUT2D eigenvalue weighted by Gasteiger charge is 2.26. The van der Waals surface area contributed by atoms with Crippen LogP contribution in [0.1, 0.15) is 28.5 Å². The highest BCUT2D eigenvalue weighted by atomic mass is 32.1. The van der Waals surface area contributed by atoms with Crippen LogP contribution in [0.25, 0.3) is 87.8 Å². The minimum atomic E-state index is 0.170. The van der Waals surface area contributed by atoms with Crippen LogP contribution < -0.4 is 0 Å². The van der Waals surface area contributed by atoms with Crippen molar-refractivity contribution in [2.75, 3.05) is 0 Å². The molecular formula is C48H31N3S. The first-order valence-corrected chi connectivity index (χ1v) is 18.7. The van der Waals surface area contributed by atoms with E-state index in [1.54, 1.807) is 0 Å². The smallest absolute Gasteiger partial charge is 0.160 e. The van der Waals surface area contributed by atoms with E-state index in [9.17, 15) is 0 Å². The molecule has 0 radical (unpaired) electrons. The van der Waals surface area contributed by atoms with Crippen molar-refractivity contribution >= 4 is 70.8 Å². The molecule has 11 rings (SSSR count). The third-order valence-corrected chi connectivity index (χ3v) is 12.0. The molecule has 0 aliphatic heterocycles. The Morgan fingerprint density at radius 1 is 0.558 bits per heavy atom. The lowest BCUT2D eigenvalue weighted by molar-refractivity contribution is 0.799. The van der Waals surface area contributed by atoms with Gasteiger partial charge in [0.05, 0.1) is 22.4 Å². The van der Waals surface area contributed by atoms with Crippen molar-refractivity contribution < 1.29 is 0 Å².